The molecular formula is C22H26N2O3. The van der Waals surface area contributed by atoms with Crippen molar-refractivity contribution in [3.05, 3.63) is 46.1 Å². The number of aromatic nitrogens is 1. The van der Waals surface area contributed by atoms with Gasteiger partial charge >= 0.3 is 5.97 Å². The van der Waals surface area contributed by atoms with Crippen LogP contribution in [0.2, 0.25) is 0 Å². The first-order valence-corrected chi connectivity index (χ1v) is 8.86. The van der Waals surface area contributed by atoms with Gasteiger partial charge in [-0.3, -0.25) is 0 Å². The number of hydrogen-bond acceptors (Lipinski definition) is 5. The summed E-state index contributed by atoms with van der Waals surface area (Å²) in [5, 5.41) is 0. The van der Waals surface area contributed by atoms with Gasteiger partial charge in [0.15, 0.2) is 0 Å². The van der Waals surface area contributed by atoms with Gasteiger partial charge in [0.25, 0.3) is 0 Å². The van der Waals surface area contributed by atoms with Gasteiger partial charge in [0.05, 0.1) is 19.3 Å². The highest BCUT2D eigenvalue weighted by atomic mass is 16.5. The quantitative estimate of drug-likeness (QED) is 0.562. The molecule has 0 N–H and O–H groups in total. The smallest absolute Gasteiger partial charge is 0.345 e. The molecule has 2 rings (SSSR count). The molecular weight excluding hydrogens is 340 g/mol. The Morgan fingerprint density at radius 3 is 2.33 bits per heavy atom. The highest BCUT2D eigenvalue weighted by molar-refractivity contribution is 5.98. The SMILES string of the molecule is C#CCN(CC)c1cc(C)nc(Oc2c(C)cc(C)cc2C)c1C(=O)OC. The van der Waals surface area contributed by atoms with E-state index in [9.17, 15) is 4.79 Å². The Morgan fingerprint density at radius 1 is 1.19 bits per heavy atom. The van der Waals surface area contributed by atoms with E-state index in [4.69, 9.17) is 15.9 Å². The number of methoxy groups -OCH3 is 1. The maximum atomic E-state index is 12.6. The van der Waals surface area contributed by atoms with Crippen molar-refractivity contribution in [2.45, 2.75) is 34.6 Å². The molecule has 0 aliphatic heterocycles. The molecule has 0 radical (unpaired) electrons. The molecule has 0 unspecified atom stereocenters. The minimum atomic E-state index is -0.509. The molecule has 0 aliphatic rings. The maximum Gasteiger partial charge on any atom is 0.345 e. The first-order chi connectivity index (χ1) is 12.8. The Kier molecular flexibility index (Phi) is 6.46. The van der Waals surface area contributed by atoms with E-state index in [1.165, 1.54) is 7.11 Å². The maximum absolute atomic E-state index is 12.6. The van der Waals surface area contributed by atoms with Gasteiger partial charge in [-0.1, -0.05) is 23.6 Å². The van der Waals surface area contributed by atoms with Crippen LogP contribution >= 0.6 is 0 Å². The topological polar surface area (TPSA) is 51.7 Å². The van der Waals surface area contributed by atoms with Crippen molar-refractivity contribution in [3.63, 3.8) is 0 Å². The van der Waals surface area contributed by atoms with Crippen LogP contribution in [-0.2, 0) is 4.74 Å². The lowest BCUT2D eigenvalue weighted by Crippen LogP contribution is -2.26. The fourth-order valence-electron chi connectivity index (χ4n) is 3.15. The molecule has 5 nitrogen and oxygen atoms in total. The summed E-state index contributed by atoms with van der Waals surface area (Å²) in [5.74, 6) is 3.03. The van der Waals surface area contributed by atoms with Gasteiger partial charge in [0.2, 0.25) is 5.88 Å². The van der Waals surface area contributed by atoms with Crippen molar-refractivity contribution < 1.29 is 14.3 Å². The lowest BCUT2D eigenvalue weighted by molar-refractivity contribution is 0.0597. The number of carbonyl (C=O) groups excluding carboxylic acids is 1. The predicted molar refractivity (Wildman–Crippen MR) is 108 cm³/mol. The molecule has 0 aliphatic carbocycles. The van der Waals surface area contributed by atoms with E-state index in [1.54, 1.807) is 0 Å². The predicted octanol–water partition coefficient (Wildman–Crippen LogP) is 4.35. The van der Waals surface area contributed by atoms with Crippen LogP contribution in [0.5, 0.6) is 11.6 Å². The number of esters is 1. The van der Waals surface area contributed by atoms with Crippen LogP contribution < -0.4 is 9.64 Å². The molecule has 0 atom stereocenters. The second-order valence-corrected chi connectivity index (χ2v) is 6.50. The second-order valence-electron chi connectivity index (χ2n) is 6.50. The molecule has 0 amide bonds. The lowest BCUT2D eigenvalue weighted by Gasteiger charge is -2.24. The van der Waals surface area contributed by atoms with Crippen LogP contribution in [0.25, 0.3) is 0 Å². The Bertz CT molecular complexity index is 874. The molecule has 27 heavy (non-hydrogen) atoms. The van der Waals surface area contributed by atoms with E-state index in [1.807, 2.05) is 57.7 Å². The number of hydrogen-bond donors (Lipinski definition) is 0. The van der Waals surface area contributed by atoms with Crippen molar-refractivity contribution in [3.8, 4) is 24.0 Å². The molecule has 0 saturated carbocycles. The van der Waals surface area contributed by atoms with Gasteiger partial charge < -0.3 is 14.4 Å². The molecule has 0 bridgehead atoms. The van der Waals surface area contributed by atoms with Crippen LogP contribution in [0.3, 0.4) is 0 Å². The third-order valence-corrected chi connectivity index (χ3v) is 4.29. The van der Waals surface area contributed by atoms with Crippen molar-refractivity contribution in [2.75, 3.05) is 25.1 Å². The summed E-state index contributed by atoms with van der Waals surface area (Å²) in [6.45, 7) is 10.8. The average Bonchev–Trinajstić information content (AvgIpc) is 2.61. The Labute approximate surface area is 161 Å². The largest absolute Gasteiger partial charge is 0.465 e. The minimum absolute atomic E-state index is 0.224. The van der Waals surface area contributed by atoms with E-state index in [2.05, 4.69) is 10.9 Å². The summed E-state index contributed by atoms with van der Waals surface area (Å²) in [4.78, 5) is 19.0. The molecule has 142 valence electrons. The average molecular weight is 366 g/mol. The number of anilines is 1. The highest BCUT2D eigenvalue weighted by Crippen LogP contribution is 2.35. The lowest BCUT2D eigenvalue weighted by atomic mass is 10.1. The van der Waals surface area contributed by atoms with Crippen LogP contribution in [0.15, 0.2) is 18.2 Å². The summed E-state index contributed by atoms with van der Waals surface area (Å²) < 4.78 is 11.2. The molecule has 1 aromatic carbocycles. The molecule has 0 spiro atoms. The van der Waals surface area contributed by atoms with Gasteiger partial charge in [-0.15, -0.1) is 6.42 Å². The number of pyridine rings is 1. The van der Waals surface area contributed by atoms with E-state index >= 15 is 0 Å². The summed E-state index contributed by atoms with van der Waals surface area (Å²) in [7, 11) is 1.34. The minimum Gasteiger partial charge on any atom is -0.465 e. The van der Waals surface area contributed by atoms with Crippen LogP contribution in [-0.4, -0.2) is 31.2 Å². The number of carbonyl (C=O) groups is 1. The van der Waals surface area contributed by atoms with Gasteiger partial charge in [-0.2, -0.15) is 0 Å². The van der Waals surface area contributed by atoms with E-state index in [-0.39, 0.29) is 11.4 Å². The van der Waals surface area contributed by atoms with Crippen molar-refractivity contribution in [2.24, 2.45) is 0 Å². The first-order valence-electron chi connectivity index (χ1n) is 8.86. The van der Waals surface area contributed by atoms with Crippen molar-refractivity contribution >= 4 is 11.7 Å². The summed E-state index contributed by atoms with van der Waals surface area (Å²) in [6, 6.07) is 5.90. The molecule has 0 saturated heterocycles. The molecule has 1 aromatic heterocycles. The number of benzene rings is 1. The van der Waals surface area contributed by atoms with Crippen molar-refractivity contribution in [1.82, 2.24) is 4.98 Å². The molecule has 2 aromatic rings. The standard InChI is InChI=1S/C22H26N2O3/c1-8-10-24(9-2)18-13-17(6)23-21(19(18)22(25)26-7)27-20-15(4)11-14(3)12-16(20)5/h1,11-13H,9-10H2,2-7H3. The number of nitrogens with zero attached hydrogens (tertiary/aromatic N) is 2. The van der Waals surface area contributed by atoms with Crippen LogP contribution in [0.4, 0.5) is 5.69 Å². The first kappa shape index (κ1) is 20.3. The summed E-state index contributed by atoms with van der Waals surface area (Å²) in [5.41, 5.74) is 4.76. The molecule has 1 heterocycles. The monoisotopic (exact) mass is 366 g/mol. The van der Waals surface area contributed by atoms with Gasteiger partial charge in [0, 0.05) is 12.2 Å². The van der Waals surface area contributed by atoms with E-state index in [0.29, 0.717) is 24.5 Å². The van der Waals surface area contributed by atoms with Crippen molar-refractivity contribution in [1.29, 1.82) is 0 Å². The highest BCUT2D eigenvalue weighted by Gasteiger charge is 2.25. The number of ether oxygens (including phenoxy) is 2. The molecule has 0 fully saturated rings. The van der Waals surface area contributed by atoms with Crippen LogP contribution in [0, 0.1) is 40.0 Å². The van der Waals surface area contributed by atoms with Gasteiger partial charge in [-0.25, -0.2) is 9.78 Å². The zero-order chi connectivity index (χ0) is 20.1. The Hall–Kier alpha value is -3.00. The zero-order valence-electron chi connectivity index (χ0n) is 16.8. The van der Waals surface area contributed by atoms with Gasteiger partial charge in [0.1, 0.15) is 11.3 Å². The summed E-state index contributed by atoms with van der Waals surface area (Å²) in [6.07, 6.45) is 5.50. The number of rotatable bonds is 6. The molecule has 5 heteroatoms. The fourth-order valence-corrected chi connectivity index (χ4v) is 3.15. The fraction of sp³-hybridized carbons (Fsp3) is 0.364. The zero-order valence-corrected chi connectivity index (χ0v) is 16.8. The second kappa shape index (κ2) is 8.59. The third kappa shape index (κ3) is 4.40. The van der Waals surface area contributed by atoms with Gasteiger partial charge in [-0.05, 0) is 51.8 Å². The van der Waals surface area contributed by atoms with E-state index < -0.39 is 5.97 Å². The number of terminal acetylenes is 1. The summed E-state index contributed by atoms with van der Waals surface area (Å²) >= 11 is 0. The third-order valence-electron chi connectivity index (χ3n) is 4.29. The number of aryl methyl sites for hydroxylation is 4. The normalized spacial score (nSPS) is 10.3. The van der Waals surface area contributed by atoms with Crippen LogP contribution in [0.1, 0.15) is 39.7 Å². The van der Waals surface area contributed by atoms with E-state index in [0.717, 1.165) is 22.4 Å². The Morgan fingerprint density at radius 2 is 1.81 bits per heavy atom. The Balaban J connectivity index is 2.67.